The molecule has 3 aromatic carbocycles. The number of nitrogens with zero attached hydrogens (tertiary/aromatic N) is 1. The zero-order chi connectivity index (χ0) is 24.0. The summed E-state index contributed by atoms with van der Waals surface area (Å²) in [6, 6.07) is 18.4. The van der Waals surface area contributed by atoms with Crippen LogP contribution in [0.2, 0.25) is 10.0 Å². The van der Waals surface area contributed by atoms with Gasteiger partial charge in [-0.2, -0.15) is 4.31 Å². The first-order valence-corrected chi connectivity index (χ1v) is 12.8. The molecule has 3 rings (SSSR count). The van der Waals surface area contributed by atoms with Crippen LogP contribution in [0.5, 0.6) is 0 Å². The van der Waals surface area contributed by atoms with Gasteiger partial charge in [-0.15, -0.1) is 0 Å². The molecule has 0 atom stereocenters. The highest BCUT2D eigenvalue weighted by Crippen LogP contribution is 2.27. The van der Waals surface area contributed by atoms with E-state index < -0.39 is 15.9 Å². The summed E-state index contributed by atoms with van der Waals surface area (Å²) in [7, 11) is -4.13. The smallest absolute Gasteiger partial charge is 0.268 e. The molecule has 4 nitrogen and oxygen atoms in total. The largest absolute Gasteiger partial charge is 0.271 e. The number of amides is 1. The van der Waals surface area contributed by atoms with Gasteiger partial charge in [0.15, 0.2) is 0 Å². The molecule has 0 saturated carbocycles. The van der Waals surface area contributed by atoms with E-state index in [9.17, 15) is 13.2 Å². The molecule has 33 heavy (non-hydrogen) atoms. The Labute approximate surface area is 205 Å². The lowest BCUT2D eigenvalue weighted by molar-refractivity contribution is -0.113. The summed E-state index contributed by atoms with van der Waals surface area (Å²) in [5.41, 5.74) is 2.92. The molecule has 0 unspecified atom stereocenters. The Kier molecular flexibility index (Phi) is 8.35. The maximum absolute atomic E-state index is 13.5. The molecule has 0 spiro atoms. The molecule has 0 aliphatic heterocycles. The van der Waals surface area contributed by atoms with E-state index in [1.807, 2.05) is 19.1 Å². The fraction of sp³-hybridized carbons (Fsp3) is 0.192. The summed E-state index contributed by atoms with van der Waals surface area (Å²) in [5, 5.41) is 0.741. The van der Waals surface area contributed by atoms with Crippen LogP contribution in [-0.4, -0.2) is 14.3 Å². The van der Waals surface area contributed by atoms with Crippen molar-refractivity contribution in [2.45, 2.75) is 38.0 Å². The first-order valence-electron chi connectivity index (χ1n) is 10.6. The van der Waals surface area contributed by atoms with Crippen LogP contribution in [0, 0.1) is 6.92 Å². The highest BCUT2D eigenvalue weighted by atomic mass is 35.5. The van der Waals surface area contributed by atoms with Crippen molar-refractivity contribution in [3.05, 3.63) is 99.5 Å². The molecule has 0 aliphatic carbocycles. The van der Waals surface area contributed by atoms with Crippen molar-refractivity contribution in [3.8, 4) is 0 Å². The number of unbranched alkanes of at least 4 members (excludes halogenated alkanes) is 1. The van der Waals surface area contributed by atoms with Gasteiger partial charge in [0.05, 0.1) is 20.6 Å². The molecule has 7 heteroatoms. The molecule has 0 radical (unpaired) electrons. The average Bonchev–Trinajstić information content (AvgIpc) is 2.79. The Hall–Kier alpha value is -2.60. The summed E-state index contributed by atoms with van der Waals surface area (Å²) < 4.78 is 27.8. The van der Waals surface area contributed by atoms with Crippen LogP contribution in [-0.2, 0) is 21.2 Å². The Balaban J connectivity index is 2.00. The normalized spacial score (nSPS) is 11.6. The Morgan fingerprint density at radius 3 is 2.21 bits per heavy atom. The van der Waals surface area contributed by atoms with Gasteiger partial charge in [0.1, 0.15) is 0 Å². The molecule has 3 aromatic rings. The molecule has 0 aromatic heterocycles. The fourth-order valence-corrected chi connectivity index (χ4v) is 4.92. The Morgan fingerprint density at radius 2 is 1.61 bits per heavy atom. The van der Waals surface area contributed by atoms with Crippen molar-refractivity contribution in [1.29, 1.82) is 0 Å². The number of benzene rings is 3. The molecule has 0 saturated heterocycles. The monoisotopic (exact) mass is 501 g/mol. The highest BCUT2D eigenvalue weighted by molar-refractivity contribution is 7.93. The van der Waals surface area contributed by atoms with E-state index in [4.69, 9.17) is 23.2 Å². The first kappa shape index (κ1) is 25.0. The zero-order valence-electron chi connectivity index (χ0n) is 18.5. The highest BCUT2D eigenvalue weighted by Gasteiger charge is 2.29. The van der Waals surface area contributed by atoms with E-state index in [0.717, 1.165) is 34.7 Å². The second-order valence-corrected chi connectivity index (χ2v) is 10.3. The molecule has 0 aliphatic rings. The maximum atomic E-state index is 13.5. The summed E-state index contributed by atoms with van der Waals surface area (Å²) in [6.07, 6.45) is 5.73. The third-order valence-electron chi connectivity index (χ3n) is 5.11. The number of anilines is 1. The van der Waals surface area contributed by atoms with E-state index in [-0.39, 0.29) is 10.6 Å². The molecule has 0 bridgehead atoms. The van der Waals surface area contributed by atoms with Gasteiger partial charge in [-0.05, 0) is 73.4 Å². The molecule has 0 N–H and O–H groups in total. The van der Waals surface area contributed by atoms with Crippen LogP contribution < -0.4 is 4.31 Å². The maximum Gasteiger partial charge on any atom is 0.271 e. The quantitative estimate of drug-likeness (QED) is 0.309. The summed E-state index contributed by atoms with van der Waals surface area (Å²) in [6.45, 7) is 3.98. The number of halogens is 2. The van der Waals surface area contributed by atoms with E-state index in [0.29, 0.717) is 15.6 Å². The molecule has 1 amide bonds. The Morgan fingerprint density at radius 1 is 0.939 bits per heavy atom. The first-order chi connectivity index (χ1) is 15.7. The summed E-state index contributed by atoms with van der Waals surface area (Å²) >= 11 is 12.0. The second kappa shape index (κ2) is 11.0. The number of rotatable bonds is 8. The average molecular weight is 502 g/mol. The fourth-order valence-electron chi connectivity index (χ4n) is 3.23. The topological polar surface area (TPSA) is 54.5 Å². The van der Waals surface area contributed by atoms with Crippen LogP contribution >= 0.6 is 23.2 Å². The number of hydrogen-bond donors (Lipinski definition) is 0. The summed E-state index contributed by atoms with van der Waals surface area (Å²) in [5.74, 6) is -0.692. The lowest BCUT2D eigenvalue weighted by Crippen LogP contribution is -2.35. The van der Waals surface area contributed by atoms with Gasteiger partial charge in [0.2, 0.25) is 0 Å². The minimum absolute atomic E-state index is 0.0412. The number of sulfonamides is 1. The molecule has 172 valence electrons. The van der Waals surface area contributed by atoms with Crippen molar-refractivity contribution in [2.24, 2.45) is 0 Å². The van der Waals surface area contributed by atoms with Crippen LogP contribution in [0.1, 0.15) is 36.5 Å². The SMILES string of the molecule is CCCCc1ccc(N(C(=O)/C=C/c2ccc(Cl)c(Cl)c2)S(=O)(=O)c2ccc(C)cc2)cc1. The third kappa shape index (κ3) is 6.26. The van der Waals surface area contributed by atoms with Crippen molar-refractivity contribution in [2.75, 3.05) is 4.31 Å². The van der Waals surface area contributed by atoms with Gasteiger partial charge in [0, 0.05) is 6.08 Å². The van der Waals surface area contributed by atoms with Crippen LogP contribution in [0.15, 0.2) is 77.7 Å². The van der Waals surface area contributed by atoms with E-state index in [1.54, 1.807) is 42.5 Å². The van der Waals surface area contributed by atoms with Crippen molar-refractivity contribution in [1.82, 2.24) is 0 Å². The van der Waals surface area contributed by atoms with Crippen LogP contribution in [0.3, 0.4) is 0 Å². The van der Waals surface area contributed by atoms with Crippen LogP contribution in [0.4, 0.5) is 5.69 Å². The van der Waals surface area contributed by atoms with Crippen molar-refractivity contribution in [3.63, 3.8) is 0 Å². The van der Waals surface area contributed by atoms with Gasteiger partial charge in [-0.25, -0.2) is 8.42 Å². The minimum Gasteiger partial charge on any atom is -0.268 e. The van der Waals surface area contributed by atoms with Crippen molar-refractivity contribution >= 4 is 50.9 Å². The van der Waals surface area contributed by atoms with Crippen LogP contribution in [0.25, 0.3) is 6.08 Å². The predicted octanol–water partition coefficient (Wildman–Crippen LogP) is 7.08. The molecule has 0 heterocycles. The Bertz CT molecular complexity index is 1250. The van der Waals surface area contributed by atoms with Crippen molar-refractivity contribution < 1.29 is 13.2 Å². The zero-order valence-corrected chi connectivity index (χ0v) is 20.8. The number of carbonyl (C=O) groups excluding carboxylic acids is 1. The van der Waals surface area contributed by atoms with E-state index >= 15 is 0 Å². The van der Waals surface area contributed by atoms with Gasteiger partial charge >= 0.3 is 0 Å². The number of hydrogen-bond acceptors (Lipinski definition) is 3. The van der Waals surface area contributed by atoms with E-state index in [2.05, 4.69) is 6.92 Å². The minimum atomic E-state index is -4.13. The van der Waals surface area contributed by atoms with E-state index in [1.165, 1.54) is 24.3 Å². The third-order valence-corrected chi connectivity index (χ3v) is 7.59. The molecular weight excluding hydrogens is 477 g/mol. The molecular formula is C26H25Cl2NO3S. The van der Waals surface area contributed by atoms with Gasteiger partial charge < -0.3 is 0 Å². The van der Waals surface area contributed by atoms with Gasteiger partial charge in [-0.3, -0.25) is 4.79 Å². The predicted molar refractivity (Wildman–Crippen MR) is 136 cm³/mol. The summed E-state index contributed by atoms with van der Waals surface area (Å²) in [4.78, 5) is 13.3. The lowest BCUT2D eigenvalue weighted by Gasteiger charge is -2.22. The van der Waals surface area contributed by atoms with Gasteiger partial charge in [-0.1, -0.05) is 72.4 Å². The standard InChI is InChI=1S/C26H25Cl2NO3S/c1-3-4-5-20-8-12-22(13-9-20)29(33(31,32)23-14-6-19(2)7-15-23)26(30)17-11-21-10-16-24(27)25(28)18-21/h6-18H,3-5H2,1-2H3/b17-11+. The number of carbonyl (C=O) groups is 1. The van der Waals surface area contributed by atoms with Gasteiger partial charge in [0.25, 0.3) is 15.9 Å². The second-order valence-electron chi connectivity index (χ2n) is 7.70. The number of aryl methyl sites for hydroxylation is 2. The molecule has 0 fully saturated rings. The lowest BCUT2D eigenvalue weighted by atomic mass is 10.1.